The molecule has 1 heterocycles. The highest BCUT2D eigenvalue weighted by Gasteiger charge is 2.21. The summed E-state index contributed by atoms with van der Waals surface area (Å²) in [6.45, 7) is 2.10. The molecule has 0 N–H and O–H groups in total. The number of aromatic nitrogens is 2. The van der Waals surface area contributed by atoms with Gasteiger partial charge in [-0.3, -0.25) is 4.79 Å². The third-order valence-electron chi connectivity index (χ3n) is 2.66. The Morgan fingerprint density at radius 2 is 2.19 bits per heavy atom. The first-order chi connectivity index (χ1) is 10.0. The largest absolute Gasteiger partial charge is 0.493 e. The Morgan fingerprint density at radius 3 is 2.81 bits per heavy atom. The fraction of sp³-hybridized carbons (Fsp3) is 0.231. The van der Waals surface area contributed by atoms with E-state index in [1.54, 1.807) is 24.3 Å². The van der Waals surface area contributed by atoms with Gasteiger partial charge in [-0.2, -0.15) is 4.68 Å². The molecule has 0 bridgehead atoms. The van der Waals surface area contributed by atoms with E-state index in [0.29, 0.717) is 17.9 Å². The van der Waals surface area contributed by atoms with Crippen molar-refractivity contribution in [1.82, 2.24) is 9.78 Å². The zero-order valence-electron chi connectivity index (χ0n) is 11.2. The Kier molecular flexibility index (Phi) is 4.54. The summed E-state index contributed by atoms with van der Waals surface area (Å²) in [6.07, 6.45) is 1.25. The van der Waals surface area contributed by atoms with Crippen LogP contribution in [0.1, 0.15) is 17.3 Å². The normalized spacial score (nSPS) is 10.4. The third-order valence-corrected chi connectivity index (χ3v) is 2.93. The minimum Gasteiger partial charge on any atom is -0.493 e. The second-order valence-electron chi connectivity index (χ2n) is 4.11. The standard InChI is InChI=1S/C13H12ClN3O4/c1-2-21-12-6-4-3-5-9(12)11(18)8-16-7-10(14)13(15-16)17(19)20/h3-7H,2,8H2,1H3. The molecular formula is C13H12ClN3O4. The minimum absolute atomic E-state index is 0.106. The van der Waals surface area contributed by atoms with Gasteiger partial charge in [0.2, 0.25) is 0 Å². The fourth-order valence-electron chi connectivity index (χ4n) is 1.80. The van der Waals surface area contributed by atoms with Crippen molar-refractivity contribution < 1.29 is 14.5 Å². The van der Waals surface area contributed by atoms with Crippen LogP contribution >= 0.6 is 11.6 Å². The molecule has 0 unspecified atom stereocenters. The number of benzene rings is 1. The number of carbonyl (C=O) groups is 1. The van der Waals surface area contributed by atoms with Gasteiger partial charge in [0.1, 0.15) is 12.3 Å². The van der Waals surface area contributed by atoms with Gasteiger partial charge in [-0.05, 0) is 24.0 Å². The summed E-state index contributed by atoms with van der Waals surface area (Å²) in [7, 11) is 0. The van der Waals surface area contributed by atoms with Crippen LogP contribution in [0.3, 0.4) is 0 Å². The molecule has 0 aliphatic heterocycles. The molecular weight excluding hydrogens is 298 g/mol. The number of ether oxygens (including phenoxy) is 1. The van der Waals surface area contributed by atoms with Crippen molar-refractivity contribution in [3.63, 3.8) is 0 Å². The summed E-state index contributed by atoms with van der Waals surface area (Å²) < 4.78 is 6.52. The maximum Gasteiger partial charge on any atom is 0.408 e. The second-order valence-corrected chi connectivity index (χ2v) is 4.51. The van der Waals surface area contributed by atoms with E-state index in [2.05, 4.69) is 5.10 Å². The maximum absolute atomic E-state index is 12.2. The van der Waals surface area contributed by atoms with E-state index in [-0.39, 0.29) is 17.4 Å². The zero-order chi connectivity index (χ0) is 15.4. The van der Waals surface area contributed by atoms with Crippen molar-refractivity contribution in [2.45, 2.75) is 13.5 Å². The SMILES string of the molecule is CCOc1ccccc1C(=O)Cn1cc(Cl)c([N+](=O)[O-])n1. The number of Topliss-reactive ketones (excluding diaryl/α,β-unsaturated/α-hetero) is 1. The molecule has 0 radical (unpaired) electrons. The van der Waals surface area contributed by atoms with Gasteiger partial charge in [0, 0.05) is 0 Å². The Hall–Kier alpha value is -2.41. The molecule has 0 saturated heterocycles. The molecule has 110 valence electrons. The molecule has 1 aromatic carbocycles. The van der Waals surface area contributed by atoms with Crippen LogP contribution in [0.15, 0.2) is 30.5 Å². The Labute approximate surface area is 125 Å². The number of halogens is 1. The average Bonchev–Trinajstić information content (AvgIpc) is 2.80. The summed E-state index contributed by atoms with van der Waals surface area (Å²) in [6, 6.07) is 6.80. The molecule has 0 aliphatic carbocycles. The average molecular weight is 310 g/mol. The molecule has 1 aromatic heterocycles. The van der Waals surface area contributed by atoms with E-state index in [4.69, 9.17) is 16.3 Å². The fourth-order valence-corrected chi connectivity index (χ4v) is 2.02. The molecule has 0 saturated carbocycles. The topological polar surface area (TPSA) is 87.3 Å². The van der Waals surface area contributed by atoms with Crippen molar-refractivity contribution in [3.05, 3.63) is 51.2 Å². The first-order valence-electron chi connectivity index (χ1n) is 6.15. The smallest absolute Gasteiger partial charge is 0.408 e. The summed E-state index contributed by atoms with van der Waals surface area (Å²) >= 11 is 5.69. The predicted molar refractivity (Wildman–Crippen MR) is 75.8 cm³/mol. The predicted octanol–water partition coefficient (Wildman–Crippen LogP) is 2.73. The number of hydrogen-bond donors (Lipinski definition) is 0. The highest BCUT2D eigenvalue weighted by Crippen LogP contribution is 2.23. The van der Waals surface area contributed by atoms with E-state index in [0.717, 1.165) is 4.68 Å². The number of ketones is 1. The summed E-state index contributed by atoms with van der Waals surface area (Å²) in [4.78, 5) is 22.2. The minimum atomic E-state index is -0.697. The highest BCUT2D eigenvalue weighted by atomic mass is 35.5. The lowest BCUT2D eigenvalue weighted by Gasteiger charge is -2.08. The summed E-state index contributed by atoms with van der Waals surface area (Å²) in [5.41, 5.74) is 0.397. The molecule has 8 heteroatoms. The number of para-hydroxylation sites is 1. The van der Waals surface area contributed by atoms with Gasteiger partial charge in [-0.15, -0.1) is 0 Å². The Bertz CT molecular complexity index is 684. The van der Waals surface area contributed by atoms with Crippen LogP contribution < -0.4 is 4.74 Å². The van der Waals surface area contributed by atoms with E-state index in [9.17, 15) is 14.9 Å². The molecule has 7 nitrogen and oxygen atoms in total. The van der Waals surface area contributed by atoms with Gasteiger partial charge in [0.25, 0.3) is 0 Å². The molecule has 21 heavy (non-hydrogen) atoms. The van der Waals surface area contributed by atoms with Crippen LogP contribution in [0, 0.1) is 10.1 Å². The molecule has 0 spiro atoms. The van der Waals surface area contributed by atoms with Gasteiger partial charge in [0.05, 0.1) is 23.5 Å². The molecule has 0 fully saturated rings. The summed E-state index contributed by atoms with van der Waals surface area (Å²) in [5, 5.41) is 14.2. The lowest BCUT2D eigenvalue weighted by molar-refractivity contribution is -0.389. The van der Waals surface area contributed by atoms with Crippen LogP contribution in [0.4, 0.5) is 5.82 Å². The van der Waals surface area contributed by atoms with Gasteiger partial charge >= 0.3 is 5.82 Å². The first kappa shape index (κ1) is 15.0. The molecule has 2 rings (SSSR count). The van der Waals surface area contributed by atoms with E-state index in [1.165, 1.54) is 6.20 Å². The van der Waals surface area contributed by atoms with Crippen molar-refractivity contribution in [2.24, 2.45) is 0 Å². The number of nitrogens with zero attached hydrogens (tertiary/aromatic N) is 3. The van der Waals surface area contributed by atoms with Crippen molar-refractivity contribution in [3.8, 4) is 5.75 Å². The highest BCUT2D eigenvalue weighted by molar-refractivity contribution is 6.32. The zero-order valence-corrected chi connectivity index (χ0v) is 11.9. The van der Waals surface area contributed by atoms with E-state index < -0.39 is 10.7 Å². The number of carbonyl (C=O) groups excluding carboxylic acids is 1. The van der Waals surface area contributed by atoms with Gasteiger partial charge in [-0.25, -0.2) is 0 Å². The van der Waals surface area contributed by atoms with Crippen molar-refractivity contribution in [2.75, 3.05) is 6.61 Å². The quantitative estimate of drug-likeness (QED) is 0.465. The van der Waals surface area contributed by atoms with Crippen LogP contribution in [-0.4, -0.2) is 27.1 Å². The lowest BCUT2D eigenvalue weighted by Crippen LogP contribution is -2.12. The molecule has 2 aromatic rings. The van der Waals surface area contributed by atoms with Crippen LogP contribution in [0.2, 0.25) is 5.02 Å². The van der Waals surface area contributed by atoms with Crippen LogP contribution in [0.5, 0.6) is 5.75 Å². The van der Waals surface area contributed by atoms with Gasteiger partial charge in [-0.1, -0.05) is 23.7 Å². The number of hydrogen-bond acceptors (Lipinski definition) is 5. The molecule has 0 amide bonds. The van der Waals surface area contributed by atoms with Gasteiger partial charge < -0.3 is 14.9 Å². The van der Waals surface area contributed by atoms with Crippen molar-refractivity contribution in [1.29, 1.82) is 0 Å². The molecule has 0 atom stereocenters. The van der Waals surface area contributed by atoms with E-state index >= 15 is 0 Å². The third kappa shape index (κ3) is 3.38. The van der Waals surface area contributed by atoms with Gasteiger partial charge in [0.15, 0.2) is 10.8 Å². The van der Waals surface area contributed by atoms with Crippen LogP contribution in [-0.2, 0) is 6.54 Å². The number of nitro groups is 1. The molecule has 0 aliphatic rings. The Balaban J connectivity index is 2.22. The second kappa shape index (κ2) is 6.36. The summed E-state index contributed by atoms with van der Waals surface area (Å²) in [5.74, 6) is -0.270. The number of rotatable bonds is 6. The van der Waals surface area contributed by atoms with E-state index in [1.807, 2.05) is 6.92 Å². The maximum atomic E-state index is 12.2. The Morgan fingerprint density at radius 1 is 1.48 bits per heavy atom. The first-order valence-corrected chi connectivity index (χ1v) is 6.53. The monoisotopic (exact) mass is 309 g/mol. The lowest BCUT2D eigenvalue weighted by atomic mass is 10.1. The van der Waals surface area contributed by atoms with Crippen LogP contribution in [0.25, 0.3) is 0 Å². The van der Waals surface area contributed by atoms with Crippen molar-refractivity contribution >= 4 is 23.2 Å².